The molecule has 2 atom stereocenters. The summed E-state index contributed by atoms with van der Waals surface area (Å²) < 4.78 is 13.5. The Morgan fingerprint density at radius 3 is 2.70 bits per heavy atom. The Hall–Kier alpha value is -0.540. The maximum Gasteiger partial charge on any atom is 0.123 e. The van der Waals surface area contributed by atoms with Crippen molar-refractivity contribution in [1.29, 1.82) is 0 Å². The Kier molecular flexibility index (Phi) is 5.91. The second kappa shape index (κ2) is 7.46. The second-order valence-electron chi connectivity index (χ2n) is 6.03. The van der Waals surface area contributed by atoms with Gasteiger partial charge in [0.1, 0.15) is 5.82 Å². The molecule has 0 radical (unpaired) electrons. The molecule has 0 saturated carbocycles. The van der Waals surface area contributed by atoms with E-state index in [1.54, 1.807) is 12.1 Å². The minimum atomic E-state index is -0.152. The molecule has 0 spiro atoms. The fourth-order valence-corrected chi connectivity index (χ4v) is 4.06. The molecule has 1 aromatic rings. The van der Waals surface area contributed by atoms with Crippen molar-refractivity contribution in [2.45, 2.75) is 56.7 Å². The van der Waals surface area contributed by atoms with E-state index in [4.69, 9.17) is 0 Å². The number of halogens is 1. The third-order valence-electron chi connectivity index (χ3n) is 4.14. The minimum Gasteiger partial charge on any atom is -0.309 e. The molecule has 1 aliphatic heterocycles. The van der Waals surface area contributed by atoms with Crippen molar-refractivity contribution in [3.8, 4) is 0 Å². The summed E-state index contributed by atoms with van der Waals surface area (Å²) in [5.41, 5.74) is 1.21. The van der Waals surface area contributed by atoms with E-state index in [1.807, 2.05) is 12.1 Å². The average Bonchev–Trinajstić information content (AvgIpc) is 2.88. The normalized spacial score (nSPS) is 23.9. The number of rotatable bonds is 7. The lowest BCUT2D eigenvalue weighted by molar-refractivity contribution is 0.440. The quantitative estimate of drug-likeness (QED) is 0.765. The Labute approximate surface area is 126 Å². The first-order valence-corrected chi connectivity index (χ1v) is 8.74. The third kappa shape index (κ3) is 4.49. The molecular formula is C17H26FNS. The number of hydrogen-bond donors (Lipinski definition) is 1. The fourth-order valence-electron chi connectivity index (χ4n) is 2.81. The predicted molar refractivity (Wildman–Crippen MR) is 86.8 cm³/mol. The average molecular weight is 295 g/mol. The van der Waals surface area contributed by atoms with Gasteiger partial charge in [-0.3, -0.25) is 0 Å². The monoisotopic (exact) mass is 295 g/mol. The molecule has 0 aliphatic carbocycles. The zero-order valence-electron chi connectivity index (χ0n) is 12.6. The number of benzene rings is 1. The molecule has 0 amide bonds. The highest BCUT2D eigenvalue weighted by Crippen LogP contribution is 2.37. The first-order chi connectivity index (χ1) is 9.63. The molecular weight excluding hydrogens is 269 g/mol. The molecule has 2 rings (SSSR count). The van der Waals surface area contributed by atoms with Gasteiger partial charge >= 0.3 is 0 Å². The summed E-state index contributed by atoms with van der Waals surface area (Å²) in [5.74, 6) is 1.13. The molecule has 2 unspecified atom stereocenters. The second-order valence-corrected chi connectivity index (χ2v) is 7.71. The molecule has 0 aromatic heterocycles. The van der Waals surface area contributed by atoms with Gasteiger partial charge in [0.15, 0.2) is 0 Å². The van der Waals surface area contributed by atoms with Crippen LogP contribution in [0.1, 0.15) is 57.6 Å². The van der Waals surface area contributed by atoms with Crippen LogP contribution in [0.15, 0.2) is 24.3 Å². The van der Waals surface area contributed by atoms with Crippen LogP contribution in [0.2, 0.25) is 0 Å². The molecule has 1 nitrogen and oxygen atoms in total. The lowest BCUT2D eigenvalue weighted by Gasteiger charge is -2.27. The molecule has 0 bridgehead atoms. The van der Waals surface area contributed by atoms with E-state index in [0.29, 0.717) is 10.8 Å². The highest BCUT2D eigenvalue weighted by atomic mass is 32.2. The highest BCUT2D eigenvalue weighted by molar-refractivity contribution is 8.00. The van der Waals surface area contributed by atoms with Crippen LogP contribution < -0.4 is 5.32 Å². The van der Waals surface area contributed by atoms with Crippen molar-refractivity contribution >= 4 is 11.8 Å². The molecule has 1 saturated heterocycles. The van der Waals surface area contributed by atoms with Crippen molar-refractivity contribution in [1.82, 2.24) is 5.32 Å². The van der Waals surface area contributed by atoms with E-state index in [9.17, 15) is 4.39 Å². The molecule has 20 heavy (non-hydrogen) atoms. The van der Waals surface area contributed by atoms with Crippen LogP contribution in [0.3, 0.4) is 0 Å². The summed E-state index contributed by atoms with van der Waals surface area (Å²) in [5, 5.41) is 3.73. The summed E-state index contributed by atoms with van der Waals surface area (Å²) in [7, 11) is 0. The van der Waals surface area contributed by atoms with Crippen molar-refractivity contribution in [2.75, 3.05) is 12.3 Å². The van der Waals surface area contributed by atoms with E-state index in [0.717, 1.165) is 13.0 Å². The fraction of sp³-hybridized carbons (Fsp3) is 0.647. The molecule has 3 heteroatoms. The first kappa shape index (κ1) is 15.8. The van der Waals surface area contributed by atoms with E-state index in [2.05, 4.69) is 30.9 Å². The van der Waals surface area contributed by atoms with Gasteiger partial charge in [-0.1, -0.05) is 31.9 Å². The van der Waals surface area contributed by atoms with Crippen LogP contribution in [0.25, 0.3) is 0 Å². The van der Waals surface area contributed by atoms with Gasteiger partial charge in [0, 0.05) is 17.3 Å². The van der Waals surface area contributed by atoms with Crippen molar-refractivity contribution in [2.24, 2.45) is 0 Å². The smallest absolute Gasteiger partial charge is 0.123 e. The van der Waals surface area contributed by atoms with Crippen LogP contribution in [0.4, 0.5) is 4.39 Å². The number of thioether (sulfide) groups is 1. The van der Waals surface area contributed by atoms with Gasteiger partial charge in [0.25, 0.3) is 0 Å². The van der Waals surface area contributed by atoms with Gasteiger partial charge in [0.2, 0.25) is 0 Å². The van der Waals surface area contributed by atoms with Crippen molar-refractivity contribution in [3.63, 3.8) is 0 Å². The van der Waals surface area contributed by atoms with E-state index >= 15 is 0 Å². The maximum absolute atomic E-state index is 13.1. The summed E-state index contributed by atoms with van der Waals surface area (Å²) in [6.07, 6.45) is 6.17. The van der Waals surface area contributed by atoms with E-state index < -0.39 is 0 Å². The largest absolute Gasteiger partial charge is 0.309 e. The van der Waals surface area contributed by atoms with Gasteiger partial charge in [-0.15, -0.1) is 0 Å². The van der Waals surface area contributed by atoms with E-state index in [-0.39, 0.29) is 5.82 Å². The zero-order chi connectivity index (χ0) is 14.4. The molecule has 1 fully saturated rings. The zero-order valence-corrected chi connectivity index (χ0v) is 13.4. The first-order valence-electron chi connectivity index (χ1n) is 7.76. The number of hydrogen-bond acceptors (Lipinski definition) is 2. The Morgan fingerprint density at radius 2 is 2.10 bits per heavy atom. The molecule has 1 N–H and O–H groups in total. The van der Waals surface area contributed by atoms with Gasteiger partial charge in [0.05, 0.1) is 0 Å². The van der Waals surface area contributed by atoms with Gasteiger partial charge in [-0.05, 0) is 49.6 Å². The Morgan fingerprint density at radius 1 is 1.35 bits per heavy atom. The minimum absolute atomic E-state index is 0.152. The lowest BCUT2D eigenvalue weighted by Crippen LogP contribution is -2.35. The van der Waals surface area contributed by atoms with E-state index in [1.165, 1.54) is 37.0 Å². The number of unbranched alkanes of at least 4 members (excludes halogenated alkanes) is 1. The predicted octanol–water partition coefficient (Wildman–Crippen LogP) is 4.93. The number of nitrogens with one attached hydrogen (secondary N) is 1. The summed E-state index contributed by atoms with van der Waals surface area (Å²) in [6.45, 7) is 5.62. The Balaban J connectivity index is 1.97. The molecule has 112 valence electrons. The highest BCUT2D eigenvalue weighted by Gasteiger charge is 2.29. The standard InChI is InChI=1S/C17H26FNS/c1-3-4-6-16(14-7-9-15(18)10-8-14)19-13-17(2)11-5-12-20-17/h7-10,16,19H,3-6,11-13H2,1-2H3. The van der Waals surface area contributed by atoms with Gasteiger partial charge < -0.3 is 5.32 Å². The van der Waals surface area contributed by atoms with Crippen LogP contribution in [0.5, 0.6) is 0 Å². The summed E-state index contributed by atoms with van der Waals surface area (Å²) in [6, 6.07) is 7.34. The maximum atomic E-state index is 13.1. The molecule has 1 aromatic carbocycles. The molecule has 1 aliphatic rings. The van der Waals surface area contributed by atoms with Crippen LogP contribution in [-0.4, -0.2) is 17.0 Å². The lowest BCUT2D eigenvalue weighted by atomic mass is 9.99. The van der Waals surface area contributed by atoms with Gasteiger partial charge in [-0.2, -0.15) is 11.8 Å². The van der Waals surface area contributed by atoms with Crippen LogP contribution in [-0.2, 0) is 0 Å². The van der Waals surface area contributed by atoms with Crippen LogP contribution >= 0.6 is 11.8 Å². The van der Waals surface area contributed by atoms with Gasteiger partial charge in [-0.25, -0.2) is 4.39 Å². The summed E-state index contributed by atoms with van der Waals surface area (Å²) >= 11 is 2.09. The topological polar surface area (TPSA) is 12.0 Å². The summed E-state index contributed by atoms with van der Waals surface area (Å²) in [4.78, 5) is 0. The van der Waals surface area contributed by atoms with Crippen molar-refractivity contribution in [3.05, 3.63) is 35.6 Å². The third-order valence-corrected chi connectivity index (χ3v) is 5.68. The van der Waals surface area contributed by atoms with Crippen molar-refractivity contribution < 1.29 is 4.39 Å². The SMILES string of the molecule is CCCCC(NCC1(C)CCCS1)c1ccc(F)cc1. The van der Waals surface area contributed by atoms with Crippen LogP contribution in [0, 0.1) is 5.82 Å². The Bertz CT molecular complexity index is 398. The molecule has 1 heterocycles.